The van der Waals surface area contributed by atoms with Gasteiger partial charge < -0.3 is 0 Å². The first-order valence-corrected chi connectivity index (χ1v) is 4.36. The summed E-state index contributed by atoms with van der Waals surface area (Å²) in [6.07, 6.45) is 0. The van der Waals surface area contributed by atoms with Crippen LogP contribution >= 0.6 is 15.9 Å². The van der Waals surface area contributed by atoms with Gasteiger partial charge in [0, 0.05) is 5.56 Å². The first-order valence-electron chi connectivity index (χ1n) is 3.45. The van der Waals surface area contributed by atoms with E-state index >= 15 is 0 Å². The van der Waals surface area contributed by atoms with Crippen molar-refractivity contribution in [2.75, 3.05) is 0 Å². The minimum atomic E-state index is -0.558. The number of rotatable bonds is 1. The van der Waals surface area contributed by atoms with Crippen molar-refractivity contribution in [1.82, 2.24) is 0 Å². The van der Waals surface area contributed by atoms with Gasteiger partial charge in [0.2, 0.25) is 0 Å². The number of hydrogen-bond acceptors (Lipinski definition) is 1. The van der Waals surface area contributed by atoms with Gasteiger partial charge >= 0.3 is 0 Å². The van der Waals surface area contributed by atoms with E-state index in [0.717, 1.165) is 5.56 Å². The van der Waals surface area contributed by atoms with Crippen molar-refractivity contribution in [3.8, 4) is 6.07 Å². The predicted molar refractivity (Wildman–Crippen MR) is 48.4 cm³/mol. The molecule has 0 saturated carbocycles. The van der Waals surface area contributed by atoms with Crippen molar-refractivity contribution >= 4 is 15.9 Å². The molecule has 0 amide bonds. The summed E-state index contributed by atoms with van der Waals surface area (Å²) < 4.78 is 13.0. The van der Waals surface area contributed by atoms with Crippen molar-refractivity contribution in [3.63, 3.8) is 0 Å². The highest BCUT2D eigenvalue weighted by Crippen LogP contribution is 2.24. The van der Waals surface area contributed by atoms with Gasteiger partial charge in [-0.05, 0) is 13.0 Å². The van der Waals surface area contributed by atoms with E-state index in [9.17, 15) is 4.39 Å². The Labute approximate surface area is 79.0 Å². The molecule has 1 rings (SSSR count). The predicted octanol–water partition coefficient (Wildman–Crippen LogP) is 3.09. The normalized spacial score (nSPS) is 12.2. The van der Waals surface area contributed by atoms with Gasteiger partial charge in [0.15, 0.2) is 0 Å². The maximum Gasteiger partial charge on any atom is 0.129 e. The first kappa shape index (κ1) is 9.21. The minimum Gasteiger partial charge on any atom is -0.207 e. The van der Waals surface area contributed by atoms with Crippen LogP contribution in [-0.4, -0.2) is 0 Å². The van der Waals surface area contributed by atoms with Crippen molar-refractivity contribution in [2.24, 2.45) is 0 Å². The molecule has 62 valence electrons. The number of hydrogen-bond donors (Lipinski definition) is 0. The van der Waals surface area contributed by atoms with E-state index in [-0.39, 0.29) is 5.82 Å². The minimum absolute atomic E-state index is 0.343. The summed E-state index contributed by atoms with van der Waals surface area (Å²) in [4.78, 5) is -0.558. The quantitative estimate of drug-likeness (QED) is 0.677. The third-order valence-electron chi connectivity index (χ3n) is 1.54. The zero-order valence-electron chi connectivity index (χ0n) is 6.51. The first-order chi connectivity index (χ1) is 5.65. The lowest BCUT2D eigenvalue weighted by molar-refractivity contribution is 0.614. The van der Waals surface area contributed by atoms with Gasteiger partial charge in [-0.3, -0.25) is 0 Å². The van der Waals surface area contributed by atoms with Crippen LogP contribution in [0.15, 0.2) is 18.2 Å². The van der Waals surface area contributed by atoms with Crippen LogP contribution in [0.2, 0.25) is 0 Å². The molecule has 1 aromatic rings. The third kappa shape index (κ3) is 1.83. The fourth-order valence-electron chi connectivity index (χ4n) is 0.927. The average molecular weight is 228 g/mol. The fraction of sp³-hybridized carbons (Fsp3) is 0.222. The molecule has 0 bridgehead atoms. The molecule has 0 radical (unpaired) electrons. The summed E-state index contributed by atoms with van der Waals surface area (Å²) in [5, 5.41) is 8.54. The highest BCUT2D eigenvalue weighted by Gasteiger charge is 2.10. The van der Waals surface area contributed by atoms with Gasteiger partial charge in [0.25, 0.3) is 0 Å². The Morgan fingerprint density at radius 1 is 1.58 bits per heavy atom. The van der Waals surface area contributed by atoms with E-state index in [2.05, 4.69) is 15.9 Å². The van der Waals surface area contributed by atoms with E-state index in [4.69, 9.17) is 5.26 Å². The third-order valence-corrected chi connectivity index (χ3v) is 2.24. The van der Waals surface area contributed by atoms with Crippen molar-refractivity contribution < 1.29 is 4.39 Å². The number of benzene rings is 1. The van der Waals surface area contributed by atoms with Crippen LogP contribution in [-0.2, 0) is 0 Å². The van der Waals surface area contributed by atoms with E-state index in [1.165, 1.54) is 6.07 Å². The van der Waals surface area contributed by atoms with E-state index in [1.807, 2.05) is 13.0 Å². The molecule has 0 aromatic heterocycles. The van der Waals surface area contributed by atoms with Gasteiger partial charge in [0.05, 0.1) is 6.07 Å². The zero-order chi connectivity index (χ0) is 9.14. The van der Waals surface area contributed by atoms with Gasteiger partial charge in [-0.15, -0.1) is 0 Å². The lowest BCUT2D eigenvalue weighted by Gasteiger charge is -2.03. The van der Waals surface area contributed by atoms with Gasteiger partial charge in [-0.2, -0.15) is 5.26 Å². The molecule has 0 aliphatic carbocycles. The molecule has 0 fully saturated rings. The molecule has 1 unspecified atom stereocenters. The Hall–Kier alpha value is -0.880. The second kappa shape index (κ2) is 3.68. The Kier molecular flexibility index (Phi) is 2.83. The van der Waals surface area contributed by atoms with Gasteiger partial charge in [-0.1, -0.05) is 33.6 Å². The lowest BCUT2D eigenvalue weighted by atomic mass is 10.1. The fourth-order valence-corrected chi connectivity index (χ4v) is 1.28. The molecule has 0 aliphatic rings. The Balaban J connectivity index is 3.15. The maximum atomic E-state index is 13.0. The second-order valence-electron chi connectivity index (χ2n) is 2.52. The van der Waals surface area contributed by atoms with Crippen LogP contribution in [0.4, 0.5) is 4.39 Å². The maximum absolute atomic E-state index is 13.0. The molecule has 3 heteroatoms. The molecule has 0 saturated heterocycles. The number of alkyl halides is 1. The number of aryl methyl sites for hydroxylation is 1. The van der Waals surface area contributed by atoms with Crippen LogP contribution < -0.4 is 0 Å². The highest BCUT2D eigenvalue weighted by molar-refractivity contribution is 9.09. The molecule has 0 N–H and O–H groups in total. The standard InChI is InChI=1S/C9H7BrFN/c1-6-2-3-9(11)7(4-6)8(10)5-12/h2-4,8H,1H3. The van der Waals surface area contributed by atoms with Crippen LogP contribution in [0.5, 0.6) is 0 Å². The van der Waals surface area contributed by atoms with Crippen LogP contribution in [0.3, 0.4) is 0 Å². The monoisotopic (exact) mass is 227 g/mol. The number of nitriles is 1. The van der Waals surface area contributed by atoms with Crippen LogP contribution in [0.1, 0.15) is 16.0 Å². The van der Waals surface area contributed by atoms with E-state index in [0.29, 0.717) is 5.56 Å². The number of nitrogens with zero attached hydrogens (tertiary/aromatic N) is 1. The molecule has 1 nitrogen and oxygen atoms in total. The van der Waals surface area contributed by atoms with Crippen molar-refractivity contribution in [3.05, 3.63) is 35.1 Å². The SMILES string of the molecule is Cc1ccc(F)c(C(Br)C#N)c1. The van der Waals surface area contributed by atoms with Crippen LogP contribution in [0, 0.1) is 24.1 Å². The van der Waals surface area contributed by atoms with Crippen molar-refractivity contribution in [2.45, 2.75) is 11.8 Å². The van der Waals surface area contributed by atoms with Crippen LogP contribution in [0.25, 0.3) is 0 Å². The summed E-state index contributed by atoms with van der Waals surface area (Å²) in [5.74, 6) is -0.343. The average Bonchev–Trinajstić information content (AvgIpc) is 2.08. The van der Waals surface area contributed by atoms with E-state index in [1.54, 1.807) is 12.1 Å². The molecular weight excluding hydrogens is 221 g/mol. The van der Waals surface area contributed by atoms with Gasteiger partial charge in [0.1, 0.15) is 10.6 Å². The topological polar surface area (TPSA) is 23.8 Å². The van der Waals surface area contributed by atoms with Crippen molar-refractivity contribution in [1.29, 1.82) is 5.26 Å². The summed E-state index contributed by atoms with van der Waals surface area (Å²) in [6.45, 7) is 1.86. The molecular formula is C9H7BrFN. The summed E-state index contributed by atoms with van der Waals surface area (Å²) in [6, 6.07) is 6.64. The number of halogens is 2. The van der Waals surface area contributed by atoms with Gasteiger partial charge in [-0.25, -0.2) is 4.39 Å². The molecule has 1 aromatic carbocycles. The molecule has 12 heavy (non-hydrogen) atoms. The largest absolute Gasteiger partial charge is 0.207 e. The second-order valence-corrected chi connectivity index (χ2v) is 3.43. The highest BCUT2D eigenvalue weighted by atomic mass is 79.9. The Bertz CT molecular complexity index is 330. The van der Waals surface area contributed by atoms with E-state index < -0.39 is 4.83 Å². The summed E-state index contributed by atoms with van der Waals surface area (Å²) in [5.41, 5.74) is 1.35. The molecule has 0 heterocycles. The summed E-state index contributed by atoms with van der Waals surface area (Å²) >= 11 is 3.07. The Morgan fingerprint density at radius 2 is 2.25 bits per heavy atom. The molecule has 1 atom stereocenters. The lowest BCUT2D eigenvalue weighted by Crippen LogP contribution is -1.92. The molecule has 0 aliphatic heterocycles. The zero-order valence-corrected chi connectivity index (χ0v) is 8.10. The summed E-state index contributed by atoms with van der Waals surface area (Å²) in [7, 11) is 0. The Morgan fingerprint density at radius 3 is 2.83 bits per heavy atom. The smallest absolute Gasteiger partial charge is 0.129 e. The molecule has 0 spiro atoms.